The summed E-state index contributed by atoms with van der Waals surface area (Å²) in [5, 5.41) is 8.64. The molecule has 0 aliphatic carbocycles. The molecule has 0 amide bonds. The van der Waals surface area contributed by atoms with Gasteiger partial charge in [-0.15, -0.1) is 0 Å². The molecule has 1 aromatic rings. The van der Waals surface area contributed by atoms with E-state index in [-0.39, 0.29) is 0 Å². The van der Waals surface area contributed by atoms with Gasteiger partial charge in [0, 0.05) is 0 Å². The predicted molar refractivity (Wildman–Crippen MR) is 49.1 cm³/mol. The average Bonchev–Trinajstić information content (AvgIpc) is 2.40. The first-order valence-corrected chi connectivity index (χ1v) is 4.33. The van der Waals surface area contributed by atoms with Gasteiger partial charge >= 0.3 is 0 Å². The zero-order valence-corrected chi connectivity index (χ0v) is 8.52. The van der Waals surface area contributed by atoms with Gasteiger partial charge in [-0.3, -0.25) is 0 Å². The molecule has 0 fully saturated rings. The molecule has 0 radical (unpaired) electrons. The van der Waals surface area contributed by atoms with Crippen LogP contribution in [-0.4, -0.2) is 0 Å². The zero-order valence-electron chi connectivity index (χ0n) is 5.34. The van der Waals surface area contributed by atoms with E-state index in [1.807, 2.05) is 6.07 Å². The van der Waals surface area contributed by atoms with Crippen LogP contribution in [0.25, 0.3) is 5.57 Å². The van der Waals surface area contributed by atoms with Gasteiger partial charge in [-0.25, -0.2) is 0 Å². The Morgan fingerprint density at radius 3 is 2.64 bits per heavy atom. The second kappa shape index (κ2) is 3.74. The maximum atomic E-state index is 8.64. The highest BCUT2D eigenvalue weighted by Gasteiger charge is 2.06. The van der Waals surface area contributed by atoms with Crippen molar-refractivity contribution < 1.29 is 4.42 Å². The fourth-order valence-corrected chi connectivity index (χ4v) is 1.18. The van der Waals surface area contributed by atoms with Crippen molar-refractivity contribution in [2.75, 3.05) is 0 Å². The normalized spacial score (nSPS) is 8.82. The lowest BCUT2D eigenvalue weighted by molar-refractivity contribution is 0.554. The summed E-state index contributed by atoms with van der Waals surface area (Å²) in [7, 11) is 0. The molecule has 0 spiro atoms. The van der Waals surface area contributed by atoms with Crippen LogP contribution in [0.3, 0.4) is 0 Å². The lowest BCUT2D eigenvalue weighted by Crippen LogP contribution is -1.75. The minimum absolute atomic E-state index is 0.454. The fraction of sp³-hybridized carbons (Fsp3) is 0. The van der Waals surface area contributed by atoms with Crippen molar-refractivity contribution >= 4 is 37.4 Å². The Bertz CT molecular complexity index is 304. The Balaban J connectivity index is 3.12. The van der Waals surface area contributed by atoms with Crippen molar-refractivity contribution in [1.29, 1.82) is 5.26 Å². The second-order valence-corrected chi connectivity index (χ2v) is 4.37. The van der Waals surface area contributed by atoms with Gasteiger partial charge in [-0.1, -0.05) is 0 Å². The number of allylic oxidation sites excluding steroid dienone is 1. The predicted octanol–water partition coefficient (Wildman–Crippen LogP) is 3.26. The third-order valence-corrected chi connectivity index (χ3v) is 1.86. The molecule has 0 saturated carbocycles. The van der Waals surface area contributed by atoms with Gasteiger partial charge in [0.25, 0.3) is 0 Å². The second-order valence-electron chi connectivity index (χ2n) is 1.72. The van der Waals surface area contributed by atoms with Gasteiger partial charge in [-0.2, -0.15) is 5.26 Å². The lowest BCUT2D eigenvalue weighted by Gasteiger charge is -1.90. The maximum absolute atomic E-state index is 8.64. The summed E-state index contributed by atoms with van der Waals surface area (Å²) in [5.74, 6) is 0.552. The highest BCUT2D eigenvalue weighted by molar-refractivity contribution is 9.28. The van der Waals surface area contributed by atoms with Crippen LogP contribution >= 0.6 is 31.9 Å². The molecular formula is C7H3Br2NO. The van der Waals surface area contributed by atoms with Crippen LogP contribution in [0.2, 0.25) is 0 Å². The van der Waals surface area contributed by atoms with Gasteiger partial charge in [0.15, 0.2) is 0 Å². The molecule has 0 N–H and O–H groups in total. The molecule has 0 saturated heterocycles. The minimum Gasteiger partial charge on any atom is -0.464 e. The van der Waals surface area contributed by atoms with Gasteiger partial charge < -0.3 is 4.42 Å². The summed E-state index contributed by atoms with van der Waals surface area (Å²) in [4.78, 5) is 0. The first kappa shape index (κ1) is 8.57. The van der Waals surface area contributed by atoms with Crippen molar-refractivity contribution in [1.82, 2.24) is 0 Å². The van der Waals surface area contributed by atoms with Crippen LogP contribution in [0.4, 0.5) is 0 Å². The molecular weight excluding hydrogens is 274 g/mol. The summed E-state index contributed by atoms with van der Waals surface area (Å²) in [6.07, 6.45) is 1.52. The van der Waals surface area contributed by atoms with E-state index < -0.39 is 0 Å². The molecule has 11 heavy (non-hydrogen) atoms. The highest BCUT2D eigenvalue weighted by atomic mass is 79.9. The fourth-order valence-electron chi connectivity index (χ4n) is 0.611. The molecule has 1 heterocycles. The van der Waals surface area contributed by atoms with Crippen LogP contribution in [-0.2, 0) is 0 Å². The number of hydrogen-bond acceptors (Lipinski definition) is 2. The van der Waals surface area contributed by atoms with Crippen LogP contribution in [0.1, 0.15) is 5.76 Å². The molecule has 0 aliphatic heterocycles. The molecule has 1 aromatic heterocycles. The molecule has 0 bridgehead atoms. The molecule has 4 heteroatoms. The first-order valence-electron chi connectivity index (χ1n) is 2.75. The molecule has 0 atom stereocenters. The number of nitrogens with zero attached hydrogens (tertiary/aromatic N) is 1. The number of furan rings is 1. The molecule has 56 valence electrons. The highest BCUT2D eigenvalue weighted by Crippen LogP contribution is 2.26. The van der Waals surface area contributed by atoms with E-state index in [1.54, 1.807) is 12.1 Å². The van der Waals surface area contributed by atoms with E-state index >= 15 is 0 Å². The van der Waals surface area contributed by atoms with E-state index in [9.17, 15) is 0 Å². The van der Waals surface area contributed by atoms with E-state index in [0.717, 1.165) is 0 Å². The van der Waals surface area contributed by atoms with E-state index in [0.29, 0.717) is 14.7 Å². The van der Waals surface area contributed by atoms with Crippen molar-refractivity contribution in [2.45, 2.75) is 0 Å². The van der Waals surface area contributed by atoms with Crippen molar-refractivity contribution in [3.05, 3.63) is 27.5 Å². The van der Waals surface area contributed by atoms with E-state index in [1.165, 1.54) is 6.26 Å². The van der Waals surface area contributed by atoms with Crippen LogP contribution in [0, 0.1) is 11.3 Å². The first-order chi connectivity index (χ1) is 5.25. The molecule has 0 aliphatic rings. The topological polar surface area (TPSA) is 36.9 Å². The average molecular weight is 277 g/mol. The maximum Gasteiger partial charge on any atom is 0.146 e. The standard InChI is InChI=1S/C7H3Br2NO/c8-7(9)5(4-10)6-2-1-3-11-6/h1-3H. The lowest BCUT2D eigenvalue weighted by atomic mass is 10.3. The van der Waals surface area contributed by atoms with Gasteiger partial charge in [-0.05, 0) is 44.0 Å². The smallest absolute Gasteiger partial charge is 0.146 e. The Hall–Kier alpha value is -0.530. The van der Waals surface area contributed by atoms with Crippen LogP contribution in [0.15, 0.2) is 26.2 Å². The monoisotopic (exact) mass is 275 g/mol. The van der Waals surface area contributed by atoms with Crippen molar-refractivity contribution in [3.8, 4) is 6.07 Å². The zero-order chi connectivity index (χ0) is 8.27. The van der Waals surface area contributed by atoms with Crippen molar-refractivity contribution in [3.63, 3.8) is 0 Å². The Labute approximate surface area is 80.8 Å². The van der Waals surface area contributed by atoms with Gasteiger partial charge in [0.05, 0.1) is 9.65 Å². The summed E-state index contributed by atoms with van der Waals surface area (Å²) in [5.41, 5.74) is 0.454. The summed E-state index contributed by atoms with van der Waals surface area (Å²) in [6, 6.07) is 5.45. The number of nitriles is 1. The van der Waals surface area contributed by atoms with E-state index in [2.05, 4.69) is 31.9 Å². The van der Waals surface area contributed by atoms with Crippen LogP contribution < -0.4 is 0 Å². The summed E-state index contributed by atoms with van der Waals surface area (Å²) < 4.78 is 5.61. The number of halogens is 2. The molecule has 1 rings (SSSR count). The van der Waals surface area contributed by atoms with Crippen LogP contribution in [0.5, 0.6) is 0 Å². The third kappa shape index (κ3) is 1.95. The molecule has 2 nitrogen and oxygen atoms in total. The number of rotatable bonds is 1. The van der Waals surface area contributed by atoms with Gasteiger partial charge in [0.2, 0.25) is 0 Å². The SMILES string of the molecule is N#CC(=C(Br)Br)c1ccco1. The third-order valence-electron chi connectivity index (χ3n) is 1.07. The number of hydrogen-bond donors (Lipinski definition) is 0. The Morgan fingerprint density at radius 1 is 1.55 bits per heavy atom. The molecule has 0 aromatic carbocycles. The minimum atomic E-state index is 0.454. The molecule has 0 unspecified atom stereocenters. The van der Waals surface area contributed by atoms with E-state index in [4.69, 9.17) is 9.68 Å². The summed E-state index contributed by atoms with van der Waals surface area (Å²) in [6.45, 7) is 0. The Kier molecular flexibility index (Phi) is 2.92. The Morgan fingerprint density at radius 2 is 2.27 bits per heavy atom. The van der Waals surface area contributed by atoms with Crippen molar-refractivity contribution in [2.24, 2.45) is 0 Å². The van der Waals surface area contributed by atoms with Gasteiger partial charge in [0.1, 0.15) is 17.4 Å². The summed E-state index contributed by atoms with van der Waals surface area (Å²) >= 11 is 6.27. The quantitative estimate of drug-likeness (QED) is 0.739. The largest absolute Gasteiger partial charge is 0.464 e.